The maximum atomic E-state index is 13.1. The van der Waals surface area contributed by atoms with Crippen LogP contribution in [0.2, 0.25) is 0 Å². The predicted octanol–water partition coefficient (Wildman–Crippen LogP) is 2.87. The van der Waals surface area contributed by atoms with Crippen molar-refractivity contribution in [3.63, 3.8) is 0 Å². The van der Waals surface area contributed by atoms with Gasteiger partial charge in [-0.3, -0.25) is 14.5 Å². The Morgan fingerprint density at radius 1 is 1.15 bits per heavy atom. The van der Waals surface area contributed by atoms with Crippen LogP contribution in [0.5, 0.6) is 0 Å². The molecule has 0 spiro atoms. The van der Waals surface area contributed by atoms with Crippen molar-refractivity contribution < 1.29 is 9.59 Å². The van der Waals surface area contributed by atoms with Crippen molar-refractivity contribution in [1.29, 1.82) is 0 Å². The van der Waals surface area contributed by atoms with Gasteiger partial charge in [-0.1, -0.05) is 30.3 Å². The van der Waals surface area contributed by atoms with Crippen molar-refractivity contribution in [2.45, 2.75) is 38.6 Å². The highest BCUT2D eigenvalue weighted by atomic mass is 16.2. The van der Waals surface area contributed by atoms with E-state index in [0.29, 0.717) is 43.3 Å². The second-order valence-corrected chi connectivity index (χ2v) is 8.64. The first-order valence-corrected chi connectivity index (χ1v) is 11.2. The van der Waals surface area contributed by atoms with Crippen LogP contribution in [0.4, 0.5) is 11.6 Å². The van der Waals surface area contributed by atoms with Crippen LogP contribution in [0.1, 0.15) is 51.8 Å². The van der Waals surface area contributed by atoms with Gasteiger partial charge in [-0.2, -0.15) is 0 Å². The van der Waals surface area contributed by atoms with Crippen LogP contribution in [0, 0.1) is 6.92 Å². The van der Waals surface area contributed by atoms with Crippen LogP contribution in [0.15, 0.2) is 48.7 Å². The largest absolute Gasteiger partial charge is 0.383 e. The third kappa shape index (κ3) is 4.04. The summed E-state index contributed by atoms with van der Waals surface area (Å²) in [6, 6.07) is 13.3. The molecule has 0 radical (unpaired) electrons. The number of amides is 2. The van der Waals surface area contributed by atoms with Crippen LogP contribution < -0.4 is 10.6 Å². The standard InChI is InChI=1S/C25H26N6O2/c1-16-20-13-21(32)31(14-17-7-3-2-4-8-17)24(20)29-23(28-16)18-9-6-12-30(15-18)25(33)19-10-5-11-27-22(19)26/h2-5,7-8,10-11,18H,6,9,12-15H2,1H3,(H2,26,27)/t18-/m1/s1. The number of benzene rings is 1. The Morgan fingerprint density at radius 3 is 2.76 bits per heavy atom. The van der Waals surface area contributed by atoms with Gasteiger partial charge in [-0.25, -0.2) is 15.0 Å². The summed E-state index contributed by atoms with van der Waals surface area (Å²) in [5.41, 5.74) is 9.13. The van der Waals surface area contributed by atoms with Gasteiger partial charge < -0.3 is 10.6 Å². The molecular formula is C25H26N6O2. The van der Waals surface area contributed by atoms with Gasteiger partial charge in [0.05, 0.1) is 18.5 Å². The average molecular weight is 443 g/mol. The number of rotatable bonds is 4. The fraction of sp³-hybridized carbons (Fsp3) is 0.320. The Kier molecular flexibility index (Phi) is 5.50. The average Bonchev–Trinajstić information content (AvgIpc) is 3.15. The molecule has 4 heterocycles. The molecule has 3 aromatic rings. The Balaban J connectivity index is 1.41. The van der Waals surface area contributed by atoms with Crippen LogP contribution in [-0.2, 0) is 17.8 Å². The van der Waals surface area contributed by atoms with Gasteiger partial charge >= 0.3 is 0 Å². The minimum Gasteiger partial charge on any atom is -0.383 e. The van der Waals surface area contributed by atoms with Gasteiger partial charge in [-0.05, 0) is 37.5 Å². The summed E-state index contributed by atoms with van der Waals surface area (Å²) in [5.74, 6) is 1.55. The fourth-order valence-corrected chi connectivity index (χ4v) is 4.65. The highest BCUT2D eigenvalue weighted by Gasteiger charge is 2.34. The summed E-state index contributed by atoms with van der Waals surface area (Å²) < 4.78 is 0. The summed E-state index contributed by atoms with van der Waals surface area (Å²) in [7, 11) is 0. The molecule has 5 rings (SSSR count). The lowest BCUT2D eigenvalue weighted by Crippen LogP contribution is -2.40. The highest BCUT2D eigenvalue weighted by Crippen LogP contribution is 2.34. The van der Waals surface area contributed by atoms with Crippen LogP contribution >= 0.6 is 0 Å². The van der Waals surface area contributed by atoms with E-state index in [1.54, 1.807) is 28.1 Å². The van der Waals surface area contributed by atoms with Gasteiger partial charge in [0.25, 0.3) is 5.91 Å². The normalized spacial score (nSPS) is 17.8. The minimum absolute atomic E-state index is 0.00104. The molecule has 2 amide bonds. The van der Waals surface area contributed by atoms with E-state index in [1.165, 1.54) is 0 Å². The smallest absolute Gasteiger partial charge is 0.257 e. The first-order valence-electron chi connectivity index (χ1n) is 11.2. The molecule has 8 heteroatoms. The number of hydrogen-bond acceptors (Lipinski definition) is 6. The molecule has 1 atom stereocenters. The highest BCUT2D eigenvalue weighted by molar-refractivity contribution is 6.00. The number of aromatic nitrogens is 3. The molecule has 2 aromatic heterocycles. The zero-order valence-electron chi connectivity index (χ0n) is 18.6. The maximum absolute atomic E-state index is 13.1. The molecule has 1 aromatic carbocycles. The minimum atomic E-state index is -0.121. The Labute approximate surface area is 192 Å². The lowest BCUT2D eigenvalue weighted by atomic mass is 9.96. The molecule has 0 saturated carbocycles. The molecule has 8 nitrogen and oxygen atoms in total. The number of nitrogen functional groups attached to an aromatic ring is 1. The third-order valence-electron chi connectivity index (χ3n) is 6.42. The number of aryl methyl sites for hydroxylation is 1. The maximum Gasteiger partial charge on any atom is 0.257 e. The zero-order chi connectivity index (χ0) is 22.9. The number of nitrogens with two attached hydrogens (primary N) is 1. The lowest BCUT2D eigenvalue weighted by molar-refractivity contribution is -0.117. The molecule has 2 aliphatic rings. The topological polar surface area (TPSA) is 105 Å². The van der Waals surface area contributed by atoms with Gasteiger partial charge in [0.15, 0.2) is 0 Å². The van der Waals surface area contributed by atoms with Crippen molar-refractivity contribution >= 4 is 23.5 Å². The molecule has 0 bridgehead atoms. The van der Waals surface area contributed by atoms with Gasteiger partial charge in [0.1, 0.15) is 17.5 Å². The van der Waals surface area contributed by atoms with Crippen molar-refractivity contribution in [3.05, 3.63) is 76.9 Å². The number of piperidine rings is 1. The van der Waals surface area contributed by atoms with E-state index >= 15 is 0 Å². The van der Waals surface area contributed by atoms with Crippen LogP contribution in [-0.4, -0.2) is 44.8 Å². The predicted molar refractivity (Wildman–Crippen MR) is 125 cm³/mol. The zero-order valence-corrected chi connectivity index (χ0v) is 18.6. The Hall–Kier alpha value is -3.81. The third-order valence-corrected chi connectivity index (χ3v) is 6.42. The van der Waals surface area contributed by atoms with E-state index in [0.717, 1.165) is 29.7 Å². The van der Waals surface area contributed by atoms with E-state index in [-0.39, 0.29) is 23.6 Å². The first-order chi connectivity index (χ1) is 16.0. The van der Waals surface area contributed by atoms with Crippen molar-refractivity contribution in [2.24, 2.45) is 0 Å². The molecule has 2 N–H and O–H groups in total. The number of carbonyl (C=O) groups excluding carboxylic acids is 2. The SMILES string of the molecule is Cc1nc([C@@H]2CCCN(C(=O)c3cccnc3N)C2)nc2c1CC(=O)N2Cc1ccccc1. The summed E-state index contributed by atoms with van der Waals surface area (Å²) in [6.07, 6.45) is 3.64. The van der Waals surface area contributed by atoms with E-state index in [1.807, 2.05) is 37.3 Å². The molecule has 33 heavy (non-hydrogen) atoms. The van der Waals surface area contributed by atoms with Gasteiger partial charge in [-0.15, -0.1) is 0 Å². The first kappa shape index (κ1) is 21.1. The lowest BCUT2D eigenvalue weighted by Gasteiger charge is -2.32. The van der Waals surface area contributed by atoms with E-state index in [4.69, 9.17) is 15.7 Å². The quantitative estimate of drug-likeness (QED) is 0.666. The van der Waals surface area contributed by atoms with E-state index < -0.39 is 0 Å². The number of likely N-dealkylation sites (tertiary alicyclic amines) is 1. The number of nitrogens with zero attached hydrogens (tertiary/aromatic N) is 5. The summed E-state index contributed by atoms with van der Waals surface area (Å²) in [4.78, 5) is 43.1. The molecule has 168 valence electrons. The van der Waals surface area contributed by atoms with E-state index in [9.17, 15) is 9.59 Å². The second kappa shape index (κ2) is 8.61. The monoisotopic (exact) mass is 442 g/mol. The van der Waals surface area contributed by atoms with Gasteiger partial charge in [0.2, 0.25) is 5.91 Å². The fourth-order valence-electron chi connectivity index (χ4n) is 4.65. The number of fused-ring (bicyclic) bond motifs is 1. The summed E-state index contributed by atoms with van der Waals surface area (Å²) in [5, 5.41) is 0. The summed E-state index contributed by atoms with van der Waals surface area (Å²) >= 11 is 0. The van der Waals surface area contributed by atoms with Crippen LogP contribution in [0.3, 0.4) is 0 Å². The van der Waals surface area contributed by atoms with Crippen LogP contribution in [0.25, 0.3) is 0 Å². The molecule has 0 aliphatic carbocycles. The number of anilines is 2. The molecule has 2 aliphatic heterocycles. The number of hydrogen-bond donors (Lipinski definition) is 1. The van der Waals surface area contributed by atoms with Crippen molar-refractivity contribution in [1.82, 2.24) is 19.9 Å². The van der Waals surface area contributed by atoms with Gasteiger partial charge in [0, 0.05) is 36.5 Å². The Bertz CT molecular complexity index is 1210. The Morgan fingerprint density at radius 2 is 1.97 bits per heavy atom. The second-order valence-electron chi connectivity index (χ2n) is 8.64. The molecule has 0 unspecified atom stereocenters. The van der Waals surface area contributed by atoms with Crippen molar-refractivity contribution in [3.8, 4) is 0 Å². The van der Waals surface area contributed by atoms with E-state index in [2.05, 4.69) is 4.98 Å². The molecule has 1 fully saturated rings. The molecule has 1 saturated heterocycles. The van der Waals surface area contributed by atoms with Crippen molar-refractivity contribution in [2.75, 3.05) is 23.7 Å². The molecular weight excluding hydrogens is 416 g/mol. The summed E-state index contributed by atoms with van der Waals surface area (Å²) in [6.45, 7) is 3.59. The number of carbonyl (C=O) groups is 2. The number of pyridine rings is 1.